The number of hydrogen-bond acceptors (Lipinski definition) is 0. The average molecular weight is 453 g/mol. The monoisotopic (exact) mass is 452 g/mol. The first-order valence-electron chi connectivity index (χ1n) is 12.5. The maximum absolute atomic E-state index is 2.34. The molecule has 1 aliphatic carbocycles. The van der Waals surface area contributed by atoms with Crippen LogP contribution in [0.4, 0.5) is 0 Å². The number of pyridine rings is 4. The summed E-state index contributed by atoms with van der Waals surface area (Å²) in [7, 11) is 4.18. The number of rotatable bonds is 6. The van der Waals surface area contributed by atoms with E-state index in [2.05, 4.69) is 144 Å². The first-order valence-corrected chi connectivity index (χ1v) is 12.5. The summed E-state index contributed by atoms with van der Waals surface area (Å²) in [5.41, 5.74) is 5.70. The van der Waals surface area contributed by atoms with Crippen molar-refractivity contribution >= 4 is 0 Å². The molecule has 0 aliphatic heterocycles. The minimum Gasteiger partial charge on any atom is -0.208 e. The highest BCUT2D eigenvalue weighted by molar-refractivity contribution is 5.46. The van der Waals surface area contributed by atoms with E-state index in [4.69, 9.17) is 0 Å². The SMILES string of the molecule is CC[n+]1ccc([C@@H]2[C@H](c3cc[n+](C)cc3)[C@H](c3cc[n+](C)cc3)[C@@H]2c2cc[n+](CC)cc2)cc1. The van der Waals surface area contributed by atoms with Gasteiger partial charge in [-0.1, -0.05) is 0 Å². The lowest BCUT2D eigenvalue weighted by Gasteiger charge is -2.53. The summed E-state index contributed by atoms with van der Waals surface area (Å²) in [4.78, 5) is 0. The summed E-state index contributed by atoms with van der Waals surface area (Å²) in [5.74, 6) is 1.70. The molecule has 0 amide bonds. The molecule has 1 fully saturated rings. The zero-order valence-electron chi connectivity index (χ0n) is 20.8. The van der Waals surface area contributed by atoms with Crippen molar-refractivity contribution in [1.29, 1.82) is 0 Å². The van der Waals surface area contributed by atoms with Gasteiger partial charge in [-0.05, 0) is 59.8 Å². The molecule has 34 heavy (non-hydrogen) atoms. The smallest absolute Gasteiger partial charge is 0.169 e. The fourth-order valence-electron chi connectivity index (χ4n) is 5.68. The van der Waals surface area contributed by atoms with Crippen LogP contribution in [0, 0.1) is 0 Å². The summed E-state index contributed by atoms with van der Waals surface area (Å²) >= 11 is 0. The molecule has 4 nitrogen and oxygen atoms in total. The Hall–Kier alpha value is -3.40. The van der Waals surface area contributed by atoms with Gasteiger partial charge in [0.2, 0.25) is 0 Å². The van der Waals surface area contributed by atoms with Gasteiger partial charge in [-0.25, -0.2) is 18.3 Å². The molecule has 0 spiro atoms. The second-order valence-corrected chi connectivity index (χ2v) is 9.62. The van der Waals surface area contributed by atoms with Crippen LogP contribution in [0.2, 0.25) is 0 Å². The average Bonchev–Trinajstić information content (AvgIpc) is 2.87. The second-order valence-electron chi connectivity index (χ2n) is 9.62. The maximum atomic E-state index is 2.34. The largest absolute Gasteiger partial charge is 0.208 e. The van der Waals surface area contributed by atoms with Crippen LogP contribution in [0.25, 0.3) is 0 Å². The van der Waals surface area contributed by atoms with Crippen molar-refractivity contribution in [2.45, 2.75) is 50.6 Å². The zero-order valence-corrected chi connectivity index (χ0v) is 20.8. The Bertz CT molecular complexity index is 1130. The van der Waals surface area contributed by atoms with Gasteiger partial charge in [0, 0.05) is 48.5 Å². The van der Waals surface area contributed by atoms with E-state index in [1.807, 2.05) is 0 Å². The predicted octanol–water partition coefficient (Wildman–Crippen LogP) is 3.40. The maximum Gasteiger partial charge on any atom is 0.169 e. The lowest BCUT2D eigenvalue weighted by atomic mass is 9.49. The van der Waals surface area contributed by atoms with E-state index in [9.17, 15) is 0 Å². The van der Waals surface area contributed by atoms with Gasteiger partial charge in [0.25, 0.3) is 0 Å². The lowest BCUT2D eigenvalue weighted by Crippen LogP contribution is -2.42. The Morgan fingerprint density at radius 2 is 0.676 bits per heavy atom. The van der Waals surface area contributed by atoms with E-state index in [0.29, 0.717) is 23.7 Å². The molecule has 5 rings (SSSR count). The number of aromatic nitrogens is 4. The third kappa shape index (κ3) is 4.13. The van der Waals surface area contributed by atoms with Gasteiger partial charge in [-0.3, -0.25) is 0 Å². The quantitative estimate of drug-likeness (QED) is 0.399. The molecule has 172 valence electrons. The van der Waals surface area contributed by atoms with E-state index in [1.54, 1.807) is 0 Å². The van der Waals surface area contributed by atoms with Gasteiger partial charge in [0.1, 0.15) is 27.2 Å². The molecule has 0 N–H and O–H groups in total. The molecule has 0 aromatic carbocycles. The molecule has 4 aromatic rings. The van der Waals surface area contributed by atoms with Crippen molar-refractivity contribution in [2.75, 3.05) is 0 Å². The minimum absolute atomic E-state index is 0.426. The summed E-state index contributed by atoms with van der Waals surface area (Å²) in [6.45, 7) is 6.37. The van der Waals surface area contributed by atoms with E-state index in [-0.39, 0.29) is 0 Å². The zero-order chi connectivity index (χ0) is 23.7. The Labute approximate surface area is 203 Å². The van der Waals surface area contributed by atoms with Gasteiger partial charge in [-0.15, -0.1) is 0 Å². The fourth-order valence-corrected chi connectivity index (χ4v) is 5.68. The predicted molar refractivity (Wildman–Crippen MR) is 131 cm³/mol. The van der Waals surface area contributed by atoms with E-state index >= 15 is 0 Å². The van der Waals surface area contributed by atoms with Gasteiger partial charge < -0.3 is 0 Å². The van der Waals surface area contributed by atoms with Crippen molar-refractivity contribution in [1.82, 2.24) is 0 Å². The van der Waals surface area contributed by atoms with E-state index in [1.165, 1.54) is 22.3 Å². The van der Waals surface area contributed by atoms with Crippen LogP contribution in [0.15, 0.2) is 98.1 Å². The summed E-state index contributed by atoms with van der Waals surface area (Å²) in [6.07, 6.45) is 17.7. The molecule has 4 heterocycles. The molecule has 4 heteroatoms. The highest BCUT2D eigenvalue weighted by Gasteiger charge is 2.53. The molecule has 0 radical (unpaired) electrons. The van der Waals surface area contributed by atoms with Crippen LogP contribution >= 0.6 is 0 Å². The third-order valence-corrected chi connectivity index (χ3v) is 7.66. The van der Waals surface area contributed by atoms with Crippen molar-refractivity contribution in [3.05, 3.63) is 120 Å². The van der Waals surface area contributed by atoms with E-state index < -0.39 is 0 Å². The van der Waals surface area contributed by atoms with Crippen LogP contribution in [-0.4, -0.2) is 0 Å². The van der Waals surface area contributed by atoms with Crippen LogP contribution in [0.5, 0.6) is 0 Å². The molecule has 0 saturated heterocycles. The van der Waals surface area contributed by atoms with Crippen molar-refractivity contribution in [2.24, 2.45) is 14.1 Å². The second kappa shape index (κ2) is 9.46. The standard InChI is InChI=1S/C30H36N4/c1-5-33-19-11-25(12-20-33)29-27(23-7-15-31(3)16-8-23)28(24-9-17-32(4)18-10-24)30(29)26-13-21-34(6-2)22-14-26/h7-22,27-30H,5-6H2,1-4H3/q+4/t27-,28+,29-,30+. The first-order chi connectivity index (χ1) is 16.6. The van der Waals surface area contributed by atoms with Gasteiger partial charge in [-0.2, -0.15) is 0 Å². The van der Waals surface area contributed by atoms with Gasteiger partial charge in [0.15, 0.2) is 49.6 Å². The normalized spacial score (nSPS) is 21.8. The molecule has 4 atom stereocenters. The Morgan fingerprint density at radius 3 is 0.912 bits per heavy atom. The van der Waals surface area contributed by atoms with Crippen molar-refractivity contribution < 1.29 is 18.3 Å². The number of hydrogen-bond donors (Lipinski definition) is 0. The highest BCUT2D eigenvalue weighted by atomic mass is 14.9. The number of aryl methyl sites for hydroxylation is 4. The van der Waals surface area contributed by atoms with Crippen LogP contribution in [0.1, 0.15) is 59.8 Å². The summed E-state index contributed by atoms with van der Waals surface area (Å²) < 4.78 is 8.74. The molecular formula is C30H36N4+4. The van der Waals surface area contributed by atoms with Crippen LogP contribution < -0.4 is 18.3 Å². The van der Waals surface area contributed by atoms with Crippen molar-refractivity contribution in [3.63, 3.8) is 0 Å². The number of nitrogens with zero attached hydrogens (tertiary/aromatic N) is 4. The molecule has 0 unspecified atom stereocenters. The Balaban J connectivity index is 1.65. The fraction of sp³-hybridized carbons (Fsp3) is 0.333. The van der Waals surface area contributed by atoms with Gasteiger partial charge in [0.05, 0.1) is 0 Å². The highest BCUT2D eigenvalue weighted by Crippen LogP contribution is 2.66. The molecule has 1 saturated carbocycles. The molecule has 0 bridgehead atoms. The molecule has 1 aliphatic rings. The summed E-state index contributed by atoms with van der Waals surface area (Å²) in [6, 6.07) is 18.6. The summed E-state index contributed by atoms with van der Waals surface area (Å²) in [5, 5.41) is 0. The Kier molecular flexibility index (Phi) is 6.23. The van der Waals surface area contributed by atoms with E-state index in [0.717, 1.165) is 13.1 Å². The minimum atomic E-state index is 0.426. The first kappa shape index (κ1) is 22.4. The van der Waals surface area contributed by atoms with Crippen LogP contribution in [-0.2, 0) is 27.2 Å². The Morgan fingerprint density at radius 1 is 0.441 bits per heavy atom. The molecular weight excluding hydrogens is 416 g/mol. The topological polar surface area (TPSA) is 15.5 Å². The lowest BCUT2D eigenvalue weighted by molar-refractivity contribution is -0.693. The van der Waals surface area contributed by atoms with Crippen molar-refractivity contribution in [3.8, 4) is 0 Å². The van der Waals surface area contributed by atoms with Gasteiger partial charge >= 0.3 is 0 Å². The third-order valence-electron chi connectivity index (χ3n) is 7.66. The molecule has 4 aromatic heterocycles. The van der Waals surface area contributed by atoms with Crippen LogP contribution in [0.3, 0.4) is 0 Å².